The molecule has 0 atom stereocenters. The third-order valence-electron chi connectivity index (χ3n) is 3.29. The summed E-state index contributed by atoms with van der Waals surface area (Å²) in [5.74, 6) is 0.506. The van der Waals surface area contributed by atoms with Crippen LogP contribution in [0.25, 0.3) is 0 Å². The molecular formula is C17H17Br2NO2. The molecule has 0 saturated carbocycles. The van der Waals surface area contributed by atoms with Crippen molar-refractivity contribution in [2.45, 2.75) is 20.8 Å². The summed E-state index contributed by atoms with van der Waals surface area (Å²) >= 11 is 6.87. The first-order valence-corrected chi connectivity index (χ1v) is 8.41. The molecule has 0 heterocycles. The minimum absolute atomic E-state index is 0.0329. The molecule has 1 N–H and O–H groups in total. The zero-order valence-corrected chi connectivity index (χ0v) is 15.8. The second kappa shape index (κ2) is 7.29. The highest BCUT2D eigenvalue weighted by Crippen LogP contribution is 2.32. The largest absolute Gasteiger partial charge is 0.482 e. The van der Waals surface area contributed by atoms with Crippen molar-refractivity contribution >= 4 is 43.5 Å². The molecule has 2 aromatic carbocycles. The van der Waals surface area contributed by atoms with E-state index in [2.05, 4.69) is 37.2 Å². The highest BCUT2D eigenvalue weighted by atomic mass is 79.9. The van der Waals surface area contributed by atoms with Gasteiger partial charge in [-0.25, -0.2) is 0 Å². The van der Waals surface area contributed by atoms with Gasteiger partial charge < -0.3 is 10.1 Å². The molecular weight excluding hydrogens is 410 g/mol. The van der Waals surface area contributed by atoms with Gasteiger partial charge >= 0.3 is 0 Å². The molecule has 22 heavy (non-hydrogen) atoms. The van der Waals surface area contributed by atoms with Gasteiger partial charge in [-0.15, -0.1) is 0 Å². The molecule has 116 valence electrons. The Morgan fingerprint density at radius 1 is 1.09 bits per heavy atom. The number of para-hydroxylation sites is 1. The van der Waals surface area contributed by atoms with Crippen LogP contribution in [-0.2, 0) is 4.79 Å². The van der Waals surface area contributed by atoms with Crippen molar-refractivity contribution in [1.29, 1.82) is 0 Å². The fourth-order valence-corrected chi connectivity index (χ4v) is 3.75. The van der Waals surface area contributed by atoms with E-state index in [9.17, 15) is 4.79 Å². The normalized spacial score (nSPS) is 10.4. The number of ether oxygens (including phenoxy) is 1. The molecule has 0 spiro atoms. The third-order valence-corrected chi connectivity index (χ3v) is 4.33. The molecule has 5 heteroatoms. The average molecular weight is 427 g/mol. The second-order valence-corrected chi connectivity index (χ2v) is 6.91. The van der Waals surface area contributed by atoms with Gasteiger partial charge in [-0.05, 0) is 65.5 Å². The van der Waals surface area contributed by atoms with Gasteiger partial charge in [0.05, 0.1) is 4.47 Å². The molecule has 0 radical (unpaired) electrons. The number of hydrogen-bond acceptors (Lipinski definition) is 2. The number of anilines is 1. The highest BCUT2D eigenvalue weighted by Gasteiger charge is 2.11. The number of rotatable bonds is 4. The Balaban J connectivity index is 2.05. The van der Waals surface area contributed by atoms with Crippen LogP contribution in [0.5, 0.6) is 5.75 Å². The van der Waals surface area contributed by atoms with Gasteiger partial charge in [0.2, 0.25) is 0 Å². The van der Waals surface area contributed by atoms with Gasteiger partial charge in [0.15, 0.2) is 6.61 Å². The molecule has 0 saturated heterocycles. The molecule has 0 unspecified atom stereocenters. The molecule has 3 nitrogen and oxygen atoms in total. The van der Waals surface area contributed by atoms with Crippen LogP contribution in [0.4, 0.5) is 5.69 Å². The van der Waals surface area contributed by atoms with Crippen molar-refractivity contribution in [3.05, 3.63) is 56.0 Å². The summed E-state index contributed by atoms with van der Waals surface area (Å²) in [7, 11) is 0. The van der Waals surface area contributed by atoms with Crippen molar-refractivity contribution in [3.8, 4) is 5.75 Å². The summed E-state index contributed by atoms with van der Waals surface area (Å²) in [6, 6.07) is 9.76. The standard InChI is InChI=1S/C17H17Br2NO2/c1-10-5-4-6-11(2)16(10)20-15(21)9-22-17-12(3)7-13(18)8-14(17)19/h4-8H,9H2,1-3H3,(H,20,21). The highest BCUT2D eigenvalue weighted by molar-refractivity contribution is 9.11. The smallest absolute Gasteiger partial charge is 0.262 e. The van der Waals surface area contributed by atoms with Gasteiger partial charge in [0.25, 0.3) is 5.91 Å². The van der Waals surface area contributed by atoms with Gasteiger partial charge in [-0.1, -0.05) is 34.1 Å². The number of aryl methyl sites for hydroxylation is 3. The van der Waals surface area contributed by atoms with E-state index in [1.165, 1.54) is 0 Å². The maximum Gasteiger partial charge on any atom is 0.262 e. The molecule has 2 aromatic rings. The Morgan fingerprint density at radius 2 is 1.73 bits per heavy atom. The molecule has 2 rings (SSSR count). The molecule has 0 aliphatic heterocycles. The first-order valence-electron chi connectivity index (χ1n) is 6.83. The zero-order valence-electron chi connectivity index (χ0n) is 12.7. The van der Waals surface area contributed by atoms with Crippen molar-refractivity contribution < 1.29 is 9.53 Å². The minimum Gasteiger partial charge on any atom is -0.482 e. The lowest BCUT2D eigenvalue weighted by Crippen LogP contribution is -2.21. The van der Waals surface area contributed by atoms with E-state index >= 15 is 0 Å². The number of amides is 1. The van der Waals surface area contributed by atoms with Crippen LogP contribution in [0, 0.1) is 20.8 Å². The van der Waals surface area contributed by atoms with Crippen molar-refractivity contribution in [2.24, 2.45) is 0 Å². The first-order chi connectivity index (χ1) is 10.4. The van der Waals surface area contributed by atoms with E-state index in [-0.39, 0.29) is 12.5 Å². The Labute approximate surface area is 147 Å². The summed E-state index contributed by atoms with van der Waals surface area (Å²) in [6.07, 6.45) is 0. The van der Waals surface area contributed by atoms with E-state index in [4.69, 9.17) is 4.74 Å². The van der Waals surface area contributed by atoms with Gasteiger partial charge in [0.1, 0.15) is 5.75 Å². The van der Waals surface area contributed by atoms with Gasteiger partial charge in [-0.2, -0.15) is 0 Å². The van der Waals surface area contributed by atoms with Crippen LogP contribution < -0.4 is 10.1 Å². The van der Waals surface area contributed by atoms with Crippen molar-refractivity contribution in [3.63, 3.8) is 0 Å². The molecule has 0 fully saturated rings. The Bertz CT molecular complexity index is 671. The van der Waals surface area contributed by atoms with Crippen LogP contribution in [-0.4, -0.2) is 12.5 Å². The van der Waals surface area contributed by atoms with E-state index < -0.39 is 0 Å². The quantitative estimate of drug-likeness (QED) is 0.733. The fourth-order valence-electron chi connectivity index (χ4n) is 2.20. The number of halogens is 2. The maximum atomic E-state index is 12.1. The van der Waals surface area contributed by atoms with E-state index in [1.54, 1.807) is 0 Å². The van der Waals surface area contributed by atoms with Crippen LogP contribution in [0.3, 0.4) is 0 Å². The number of nitrogens with one attached hydrogen (secondary N) is 1. The second-order valence-electron chi connectivity index (χ2n) is 5.14. The monoisotopic (exact) mass is 425 g/mol. The SMILES string of the molecule is Cc1cccc(C)c1NC(=O)COc1c(C)cc(Br)cc1Br. The summed E-state index contributed by atoms with van der Waals surface area (Å²) in [4.78, 5) is 12.1. The average Bonchev–Trinajstić information content (AvgIpc) is 2.42. The molecule has 0 bridgehead atoms. The maximum absolute atomic E-state index is 12.1. The van der Waals surface area contributed by atoms with Crippen molar-refractivity contribution in [1.82, 2.24) is 0 Å². The minimum atomic E-state index is -0.174. The van der Waals surface area contributed by atoms with E-state index in [0.29, 0.717) is 5.75 Å². The molecule has 1 amide bonds. The summed E-state index contributed by atoms with van der Waals surface area (Å²) in [5, 5.41) is 2.91. The predicted octanol–water partition coefficient (Wildman–Crippen LogP) is 5.15. The van der Waals surface area contributed by atoms with Gasteiger partial charge in [-0.3, -0.25) is 4.79 Å². The summed E-state index contributed by atoms with van der Waals surface area (Å²) in [6.45, 7) is 5.85. The lowest BCUT2D eigenvalue weighted by Gasteiger charge is -2.14. The molecule has 0 aliphatic rings. The van der Waals surface area contributed by atoms with Crippen LogP contribution in [0.2, 0.25) is 0 Å². The lowest BCUT2D eigenvalue weighted by atomic mass is 10.1. The Kier molecular flexibility index (Phi) is 5.64. The van der Waals surface area contributed by atoms with E-state index in [1.807, 2.05) is 51.1 Å². The number of benzene rings is 2. The number of carbonyl (C=O) groups excluding carboxylic acids is 1. The topological polar surface area (TPSA) is 38.3 Å². The third kappa shape index (κ3) is 4.11. The first kappa shape index (κ1) is 17.0. The Morgan fingerprint density at radius 3 is 2.32 bits per heavy atom. The van der Waals surface area contributed by atoms with Crippen molar-refractivity contribution in [2.75, 3.05) is 11.9 Å². The van der Waals surface area contributed by atoms with Crippen LogP contribution >= 0.6 is 31.9 Å². The fraction of sp³-hybridized carbons (Fsp3) is 0.235. The summed E-state index contributed by atoms with van der Waals surface area (Å²) < 4.78 is 7.44. The lowest BCUT2D eigenvalue weighted by molar-refractivity contribution is -0.118. The van der Waals surface area contributed by atoms with Crippen LogP contribution in [0.15, 0.2) is 39.3 Å². The van der Waals surface area contributed by atoms with Crippen LogP contribution in [0.1, 0.15) is 16.7 Å². The molecule has 0 aliphatic carbocycles. The zero-order chi connectivity index (χ0) is 16.3. The van der Waals surface area contributed by atoms with E-state index in [0.717, 1.165) is 31.3 Å². The molecule has 0 aromatic heterocycles. The summed E-state index contributed by atoms with van der Waals surface area (Å²) in [5.41, 5.74) is 3.88. The Hall–Kier alpha value is -1.33. The van der Waals surface area contributed by atoms with Gasteiger partial charge in [0, 0.05) is 10.2 Å². The predicted molar refractivity (Wildman–Crippen MR) is 96.6 cm³/mol. The number of hydrogen-bond donors (Lipinski definition) is 1. The number of carbonyl (C=O) groups is 1.